The minimum absolute atomic E-state index is 0.235. The Hall–Kier alpha value is -3.21. The van der Waals surface area contributed by atoms with Crippen LogP contribution in [0.25, 0.3) is 5.69 Å². The highest BCUT2D eigenvalue weighted by Crippen LogP contribution is 2.17. The summed E-state index contributed by atoms with van der Waals surface area (Å²) in [6.45, 7) is 3.55. The number of rotatable bonds is 6. The summed E-state index contributed by atoms with van der Waals surface area (Å²) >= 11 is 0. The number of aromatic nitrogens is 3. The normalized spacial score (nSPS) is 10.4. The van der Waals surface area contributed by atoms with Crippen LogP contribution >= 0.6 is 0 Å². The fourth-order valence-corrected chi connectivity index (χ4v) is 2.36. The Balaban J connectivity index is 1.97. The van der Waals surface area contributed by atoms with Crippen LogP contribution in [0.1, 0.15) is 21.7 Å². The molecule has 0 saturated carbocycles. The molecule has 24 heavy (non-hydrogen) atoms. The fraction of sp³-hybridized carbons (Fsp3) is 0.105. The third-order valence-electron chi connectivity index (χ3n) is 3.62. The van der Waals surface area contributed by atoms with Crippen LogP contribution < -0.4 is 4.74 Å². The van der Waals surface area contributed by atoms with Gasteiger partial charge in [0.2, 0.25) is 5.78 Å². The summed E-state index contributed by atoms with van der Waals surface area (Å²) in [5.74, 6) is 0.551. The van der Waals surface area contributed by atoms with Gasteiger partial charge in [-0.2, -0.15) is 9.90 Å². The van der Waals surface area contributed by atoms with E-state index in [1.54, 1.807) is 7.11 Å². The molecular weight excluding hydrogens is 302 g/mol. The number of allylic oxidation sites excluding steroid dienone is 1. The summed E-state index contributed by atoms with van der Waals surface area (Å²) in [5.41, 5.74) is 2.77. The number of ether oxygens (including phenoxy) is 1. The van der Waals surface area contributed by atoms with Gasteiger partial charge in [0.1, 0.15) is 5.75 Å². The first-order valence-corrected chi connectivity index (χ1v) is 7.52. The van der Waals surface area contributed by atoms with Crippen LogP contribution in [0.4, 0.5) is 0 Å². The SMILES string of the molecule is C=CC(=O)c1nn(-c2ccccc2)nc1Cc1ccc(OC)cc1. The van der Waals surface area contributed by atoms with Crippen molar-refractivity contribution in [2.45, 2.75) is 6.42 Å². The van der Waals surface area contributed by atoms with E-state index >= 15 is 0 Å². The molecule has 120 valence electrons. The van der Waals surface area contributed by atoms with Crippen LogP contribution in [0.5, 0.6) is 5.75 Å². The summed E-state index contributed by atoms with van der Waals surface area (Å²) in [7, 11) is 1.63. The lowest BCUT2D eigenvalue weighted by molar-refractivity contribution is 0.104. The standard InChI is InChI=1S/C19H17N3O2/c1-3-18(23)19-17(13-14-9-11-16(24-2)12-10-14)20-22(21-19)15-7-5-4-6-8-15/h3-12H,1,13H2,2H3. The highest BCUT2D eigenvalue weighted by atomic mass is 16.5. The van der Waals surface area contributed by atoms with Gasteiger partial charge in [-0.05, 0) is 35.9 Å². The molecule has 0 bridgehead atoms. The van der Waals surface area contributed by atoms with Gasteiger partial charge in [0.25, 0.3) is 0 Å². The average Bonchev–Trinajstić information content (AvgIpc) is 3.06. The van der Waals surface area contributed by atoms with Crippen molar-refractivity contribution in [2.75, 3.05) is 7.11 Å². The monoisotopic (exact) mass is 319 g/mol. The maximum absolute atomic E-state index is 12.1. The second-order valence-electron chi connectivity index (χ2n) is 5.21. The molecule has 0 aliphatic carbocycles. The molecule has 0 aliphatic heterocycles. The van der Waals surface area contributed by atoms with Gasteiger partial charge >= 0.3 is 0 Å². The van der Waals surface area contributed by atoms with Crippen molar-refractivity contribution in [1.29, 1.82) is 0 Å². The largest absolute Gasteiger partial charge is 0.497 e. The van der Waals surface area contributed by atoms with Gasteiger partial charge < -0.3 is 4.74 Å². The number of hydrogen-bond acceptors (Lipinski definition) is 4. The minimum atomic E-state index is -0.235. The summed E-state index contributed by atoms with van der Waals surface area (Å²) in [6.07, 6.45) is 1.77. The van der Waals surface area contributed by atoms with Gasteiger partial charge in [0.05, 0.1) is 18.5 Å². The van der Waals surface area contributed by atoms with Crippen molar-refractivity contribution in [3.8, 4) is 11.4 Å². The number of carbonyl (C=O) groups excluding carboxylic acids is 1. The van der Waals surface area contributed by atoms with Crippen molar-refractivity contribution in [1.82, 2.24) is 15.0 Å². The van der Waals surface area contributed by atoms with Crippen LogP contribution in [0, 0.1) is 0 Å². The maximum Gasteiger partial charge on any atom is 0.207 e. The molecule has 0 unspecified atom stereocenters. The molecule has 3 aromatic rings. The van der Waals surface area contributed by atoms with Crippen LogP contribution in [-0.4, -0.2) is 27.9 Å². The molecule has 0 spiro atoms. The lowest BCUT2D eigenvalue weighted by Crippen LogP contribution is -2.01. The minimum Gasteiger partial charge on any atom is -0.497 e. The van der Waals surface area contributed by atoms with Crippen LogP contribution in [0.3, 0.4) is 0 Å². The van der Waals surface area contributed by atoms with Crippen molar-refractivity contribution >= 4 is 5.78 Å². The quantitative estimate of drug-likeness (QED) is 0.517. The average molecular weight is 319 g/mol. The first-order chi connectivity index (χ1) is 11.7. The molecule has 0 aliphatic rings. The van der Waals surface area contributed by atoms with E-state index in [0.29, 0.717) is 17.8 Å². The van der Waals surface area contributed by atoms with Crippen molar-refractivity contribution < 1.29 is 9.53 Å². The van der Waals surface area contributed by atoms with Crippen LogP contribution in [-0.2, 0) is 6.42 Å². The summed E-state index contributed by atoms with van der Waals surface area (Å²) in [4.78, 5) is 13.6. The topological polar surface area (TPSA) is 57.0 Å². The predicted molar refractivity (Wildman–Crippen MR) is 91.7 cm³/mol. The highest BCUT2D eigenvalue weighted by Gasteiger charge is 2.17. The van der Waals surface area contributed by atoms with E-state index in [1.807, 2.05) is 54.6 Å². The first kappa shape index (κ1) is 15.7. The summed E-state index contributed by atoms with van der Waals surface area (Å²) < 4.78 is 5.16. The number of nitrogens with zero attached hydrogens (tertiary/aromatic N) is 3. The number of hydrogen-bond donors (Lipinski definition) is 0. The Morgan fingerprint density at radius 3 is 2.46 bits per heavy atom. The van der Waals surface area contributed by atoms with Crippen LogP contribution in [0.15, 0.2) is 67.3 Å². The number of benzene rings is 2. The molecule has 1 aromatic heterocycles. The Kier molecular flexibility index (Phi) is 4.52. The predicted octanol–water partition coefficient (Wildman–Crippen LogP) is 3.24. The Morgan fingerprint density at radius 2 is 1.83 bits per heavy atom. The fourth-order valence-electron chi connectivity index (χ4n) is 2.36. The van der Waals surface area contributed by atoms with E-state index in [0.717, 1.165) is 17.0 Å². The second kappa shape index (κ2) is 6.91. The Morgan fingerprint density at radius 1 is 1.12 bits per heavy atom. The molecule has 2 aromatic carbocycles. The molecule has 1 heterocycles. The van der Waals surface area contributed by atoms with Crippen molar-refractivity contribution in [3.63, 3.8) is 0 Å². The zero-order valence-corrected chi connectivity index (χ0v) is 13.3. The molecule has 0 amide bonds. The molecule has 3 rings (SSSR count). The molecule has 0 fully saturated rings. The molecule has 0 atom stereocenters. The lowest BCUT2D eigenvalue weighted by Gasteiger charge is -2.02. The van der Waals surface area contributed by atoms with Gasteiger partial charge in [-0.3, -0.25) is 4.79 Å². The Bertz CT molecular complexity index is 852. The molecule has 0 radical (unpaired) electrons. The molecule has 0 N–H and O–H groups in total. The van der Waals surface area contributed by atoms with Gasteiger partial charge in [-0.15, -0.1) is 5.10 Å². The highest BCUT2D eigenvalue weighted by molar-refractivity contribution is 6.03. The van der Waals surface area contributed by atoms with Crippen molar-refractivity contribution in [2.24, 2.45) is 0 Å². The Labute approximate surface area is 140 Å². The van der Waals surface area contributed by atoms with Gasteiger partial charge in [-0.1, -0.05) is 36.9 Å². The third kappa shape index (κ3) is 3.25. The van der Waals surface area contributed by atoms with E-state index in [1.165, 1.54) is 10.9 Å². The van der Waals surface area contributed by atoms with E-state index in [-0.39, 0.29) is 5.78 Å². The number of para-hydroxylation sites is 1. The molecule has 0 saturated heterocycles. The zero-order chi connectivity index (χ0) is 16.9. The smallest absolute Gasteiger partial charge is 0.207 e. The summed E-state index contributed by atoms with van der Waals surface area (Å²) in [5, 5.41) is 8.83. The van der Waals surface area contributed by atoms with Gasteiger partial charge in [0.15, 0.2) is 5.69 Å². The number of ketones is 1. The third-order valence-corrected chi connectivity index (χ3v) is 3.62. The number of carbonyl (C=O) groups is 1. The van der Waals surface area contributed by atoms with E-state index in [4.69, 9.17) is 4.74 Å². The maximum atomic E-state index is 12.1. The van der Waals surface area contributed by atoms with Gasteiger partial charge in [-0.25, -0.2) is 0 Å². The molecular formula is C19H17N3O2. The second-order valence-corrected chi connectivity index (χ2v) is 5.21. The lowest BCUT2D eigenvalue weighted by atomic mass is 10.1. The molecule has 5 nitrogen and oxygen atoms in total. The zero-order valence-electron chi connectivity index (χ0n) is 13.3. The molecule has 5 heteroatoms. The number of methoxy groups -OCH3 is 1. The van der Waals surface area contributed by atoms with Crippen molar-refractivity contribution in [3.05, 3.63) is 84.2 Å². The summed E-state index contributed by atoms with van der Waals surface area (Å²) in [6, 6.07) is 17.1. The van der Waals surface area contributed by atoms with Gasteiger partial charge in [0, 0.05) is 6.42 Å². The van der Waals surface area contributed by atoms with E-state index < -0.39 is 0 Å². The van der Waals surface area contributed by atoms with Crippen LogP contribution in [0.2, 0.25) is 0 Å². The van der Waals surface area contributed by atoms with E-state index in [2.05, 4.69) is 16.8 Å². The first-order valence-electron chi connectivity index (χ1n) is 7.52. The van der Waals surface area contributed by atoms with E-state index in [9.17, 15) is 4.79 Å².